The van der Waals surface area contributed by atoms with Gasteiger partial charge in [-0.05, 0) is 38.0 Å². The Morgan fingerprint density at radius 2 is 2.09 bits per heavy atom. The molecule has 3 rings (SSSR count). The maximum Gasteiger partial charge on any atom is 0.321 e. The minimum Gasteiger partial charge on any atom is -0.354 e. The Bertz CT molecular complexity index is 576. The highest BCUT2D eigenvalue weighted by Crippen LogP contribution is 2.32. The number of carbonyl (C=O) groups excluding carboxylic acids is 2. The Hall–Kier alpha value is -1.63. The molecule has 0 saturated heterocycles. The van der Waals surface area contributed by atoms with E-state index in [2.05, 4.69) is 27.9 Å². The summed E-state index contributed by atoms with van der Waals surface area (Å²) in [6.45, 7) is 2.78. The van der Waals surface area contributed by atoms with Crippen molar-refractivity contribution in [2.24, 2.45) is 5.92 Å². The second-order valence-corrected chi connectivity index (χ2v) is 7.62. The van der Waals surface area contributed by atoms with Crippen LogP contribution in [0.4, 0.5) is 9.93 Å². The zero-order valence-corrected chi connectivity index (χ0v) is 14.3. The number of rotatable bonds is 6. The van der Waals surface area contributed by atoms with Crippen LogP contribution in [0.15, 0.2) is 6.20 Å². The third kappa shape index (κ3) is 4.02. The summed E-state index contributed by atoms with van der Waals surface area (Å²) in [5.41, 5.74) is -0.760. The van der Waals surface area contributed by atoms with Crippen molar-refractivity contribution >= 4 is 28.4 Å². The summed E-state index contributed by atoms with van der Waals surface area (Å²) < 4.78 is 0. The Kier molecular flexibility index (Phi) is 4.84. The standard InChI is InChI=1S/C16H24N4O2S/c1-2-12-10-18-15(23-12)19-14(22)20-16(7-3-4-8-16)13(21)17-9-11-5-6-11/h10-11H,2-9H2,1H3,(H,17,21)(H2,18,19,20,22). The SMILES string of the molecule is CCc1cnc(NC(=O)NC2(C(=O)NCC3CC3)CCCC2)s1. The predicted molar refractivity (Wildman–Crippen MR) is 90.6 cm³/mol. The Labute approximate surface area is 140 Å². The topological polar surface area (TPSA) is 83.1 Å². The summed E-state index contributed by atoms with van der Waals surface area (Å²) in [5, 5.41) is 9.26. The molecule has 1 aromatic rings. The molecule has 2 aliphatic rings. The number of hydrogen-bond donors (Lipinski definition) is 3. The molecule has 1 aromatic heterocycles. The molecular formula is C16H24N4O2S. The molecule has 0 aromatic carbocycles. The number of aromatic nitrogens is 1. The molecule has 1 heterocycles. The Morgan fingerprint density at radius 3 is 2.70 bits per heavy atom. The van der Waals surface area contributed by atoms with Crippen LogP contribution in [0.5, 0.6) is 0 Å². The molecular weight excluding hydrogens is 312 g/mol. The summed E-state index contributed by atoms with van der Waals surface area (Å²) in [6, 6.07) is -0.342. The summed E-state index contributed by atoms with van der Waals surface area (Å²) in [6.07, 6.45) is 8.41. The highest BCUT2D eigenvalue weighted by Gasteiger charge is 2.42. The highest BCUT2D eigenvalue weighted by atomic mass is 32.1. The van der Waals surface area contributed by atoms with Gasteiger partial charge in [-0.3, -0.25) is 10.1 Å². The zero-order valence-electron chi connectivity index (χ0n) is 13.5. The van der Waals surface area contributed by atoms with Gasteiger partial charge >= 0.3 is 6.03 Å². The van der Waals surface area contributed by atoms with E-state index < -0.39 is 5.54 Å². The van der Waals surface area contributed by atoms with E-state index in [4.69, 9.17) is 0 Å². The third-order valence-corrected chi connectivity index (χ3v) is 5.67. The summed E-state index contributed by atoms with van der Waals surface area (Å²) >= 11 is 1.47. The minimum absolute atomic E-state index is 0.0366. The lowest BCUT2D eigenvalue weighted by Crippen LogP contribution is -2.58. The average molecular weight is 336 g/mol. The Morgan fingerprint density at radius 1 is 1.35 bits per heavy atom. The molecule has 7 heteroatoms. The van der Waals surface area contributed by atoms with Gasteiger partial charge < -0.3 is 10.6 Å². The van der Waals surface area contributed by atoms with Gasteiger partial charge in [0.15, 0.2) is 5.13 Å². The van der Waals surface area contributed by atoms with Crippen LogP contribution < -0.4 is 16.0 Å². The maximum absolute atomic E-state index is 12.6. The number of nitrogens with zero attached hydrogens (tertiary/aromatic N) is 1. The molecule has 23 heavy (non-hydrogen) atoms. The van der Waals surface area contributed by atoms with Crippen LogP contribution in [0.2, 0.25) is 0 Å². The summed E-state index contributed by atoms with van der Waals surface area (Å²) in [7, 11) is 0. The van der Waals surface area contributed by atoms with Gasteiger partial charge in [0.05, 0.1) is 0 Å². The van der Waals surface area contributed by atoms with Crippen LogP contribution >= 0.6 is 11.3 Å². The minimum atomic E-state index is -0.760. The van der Waals surface area contributed by atoms with Crippen molar-refractivity contribution in [2.45, 2.75) is 57.4 Å². The van der Waals surface area contributed by atoms with Crippen LogP contribution in [0.3, 0.4) is 0 Å². The van der Waals surface area contributed by atoms with Gasteiger partial charge in [0.25, 0.3) is 0 Å². The van der Waals surface area contributed by atoms with E-state index in [1.165, 1.54) is 24.2 Å². The Balaban J connectivity index is 1.58. The van der Waals surface area contributed by atoms with Gasteiger partial charge in [0.2, 0.25) is 5.91 Å². The van der Waals surface area contributed by atoms with E-state index in [0.29, 0.717) is 23.9 Å². The fraction of sp³-hybridized carbons (Fsp3) is 0.688. The lowest BCUT2D eigenvalue weighted by atomic mass is 9.96. The molecule has 3 N–H and O–H groups in total. The molecule has 3 amide bonds. The monoisotopic (exact) mass is 336 g/mol. The lowest BCUT2D eigenvalue weighted by Gasteiger charge is -2.28. The molecule has 2 fully saturated rings. The second-order valence-electron chi connectivity index (χ2n) is 6.51. The second kappa shape index (κ2) is 6.86. The first kappa shape index (κ1) is 16.2. The van der Waals surface area contributed by atoms with Gasteiger partial charge in [-0.1, -0.05) is 19.8 Å². The highest BCUT2D eigenvalue weighted by molar-refractivity contribution is 7.15. The molecule has 0 spiro atoms. The molecule has 0 bridgehead atoms. The van der Waals surface area contributed by atoms with Crippen molar-refractivity contribution in [3.05, 3.63) is 11.1 Å². The lowest BCUT2D eigenvalue weighted by molar-refractivity contribution is -0.127. The van der Waals surface area contributed by atoms with Gasteiger partial charge in [0, 0.05) is 17.6 Å². The number of aryl methyl sites for hydroxylation is 1. The predicted octanol–water partition coefficient (Wildman–Crippen LogP) is 2.67. The van der Waals surface area contributed by atoms with Gasteiger partial charge in [-0.15, -0.1) is 11.3 Å². The molecule has 0 unspecified atom stereocenters. The van der Waals surface area contributed by atoms with Crippen LogP contribution in [-0.2, 0) is 11.2 Å². The molecule has 0 atom stereocenters. The largest absolute Gasteiger partial charge is 0.354 e. The molecule has 0 radical (unpaired) electrons. The number of anilines is 1. The summed E-state index contributed by atoms with van der Waals surface area (Å²) in [4.78, 5) is 30.2. The molecule has 126 valence electrons. The van der Waals surface area contributed by atoms with Crippen LogP contribution in [-0.4, -0.2) is 29.0 Å². The van der Waals surface area contributed by atoms with Crippen molar-refractivity contribution < 1.29 is 9.59 Å². The van der Waals surface area contributed by atoms with E-state index >= 15 is 0 Å². The smallest absolute Gasteiger partial charge is 0.321 e. The first-order valence-corrected chi connectivity index (χ1v) is 9.25. The van der Waals surface area contributed by atoms with E-state index in [9.17, 15) is 9.59 Å². The number of hydrogen-bond acceptors (Lipinski definition) is 4. The van der Waals surface area contributed by atoms with Crippen molar-refractivity contribution in [1.82, 2.24) is 15.6 Å². The van der Waals surface area contributed by atoms with Gasteiger partial charge in [0.1, 0.15) is 5.54 Å². The van der Waals surface area contributed by atoms with Gasteiger partial charge in [-0.25, -0.2) is 9.78 Å². The van der Waals surface area contributed by atoms with Crippen molar-refractivity contribution in [2.75, 3.05) is 11.9 Å². The first-order chi connectivity index (χ1) is 11.1. The fourth-order valence-corrected chi connectivity index (χ4v) is 3.74. The maximum atomic E-state index is 12.6. The van der Waals surface area contributed by atoms with Crippen molar-refractivity contribution in [3.8, 4) is 0 Å². The van der Waals surface area contributed by atoms with E-state index in [0.717, 1.165) is 30.7 Å². The number of urea groups is 1. The van der Waals surface area contributed by atoms with E-state index in [-0.39, 0.29) is 11.9 Å². The van der Waals surface area contributed by atoms with Gasteiger partial charge in [-0.2, -0.15) is 0 Å². The first-order valence-electron chi connectivity index (χ1n) is 8.43. The normalized spacial score (nSPS) is 19.3. The van der Waals surface area contributed by atoms with Crippen LogP contribution in [0.25, 0.3) is 0 Å². The molecule has 0 aliphatic heterocycles. The molecule has 2 aliphatic carbocycles. The van der Waals surface area contributed by atoms with Crippen LogP contribution in [0, 0.1) is 5.92 Å². The van der Waals surface area contributed by atoms with E-state index in [1.807, 2.05) is 0 Å². The average Bonchev–Trinajstić information content (AvgIpc) is 3.05. The molecule has 6 nitrogen and oxygen atoms in total. The number of amides is 3. The summed E-state index contributed by atoms with van der Waals surface area (Å²) in [5.74, 6) is 0.597. The van der Waals surface area contributed by atoms with Crippen molar-refractivity contribution in [3.63, 3.8) is 0 Å². The van der Waals surface area contributed by atoms with E-state index in [1.54, 1.807) is 6.20 Å². The molecule has 2 saturated carbocycles. The number of thiazole rings is 1. The van der Waals surface area contributed by atoms with Crippen molar-refractivity contribution in [1.29, 1.82) is 0 Å². The third-order valence-electron chi connectivity index (χ3n) is 4.62. The fourth-order valence-electron chi connectivity index (χ4n) is 2.99. The number of carbonyl (C=O) groups is 2. The quantitative estimate of drug-likeness (QED) is 0.747. The van der Waals surface area contributed by atoms with Crippen LogP contribution in [0.1, 0.15) is 50.3 Å². The zero-order chi connectivity index (χ0) is 16.3. The number of nitrogens with one attached hydrogen (secondary N) is 3.